The first-order chi connectivity index (χ1) is 26.5. The molecule has 0 unspecified atom stereocenters. The maximum absolute atomic E-state index is 15.4. The molecule has 2 aliphatic carbocycles. The summed E-state index contributed by atoms with van der Waals surface area (Å²) < 4.78 is 115. The van der Waals surface area contributed by atoms with Crippen molar-refractivity contribution in [3.8, 4) is 22.3 Å². The molecule has 0 amide bonds. The molecule has 0 radical (unpaired) electrons. The summed E-state index contributed by atoms with van der Waals surface area (Å²) >= 11 is 6.67. The summed E-state index contributed by atoms with van der Waals surface area (Å²) in [7, 11) is -1.95. The van der Waals surface area contributed by atoms with Crippen LogP contribution in [0.2, 0.25) is 5.02 Å². The monoisotopic (exact) mass is 812 g/mol. The zero-order chi connectivity index (χ0) is 39.8. The van der Waals surface area contributed by atoms with E-state index in [1.54, 1.807) is 49.8 Å². The van der Waals surface area contributed by atoms with E-state index in [-0.39, 0.29) is 40.4 Å². The lowest BCUT2D eigenvalue weighted by Crippen LogP contribution is -2.24. The van der Waals surface area contributed by atoms with Crippen LogP contribution in [0.3, 0.4) is 0 Å². The minimum absolute atomic E-state index is 0.0551. The van der Waals surface area contributed by atoms with Gasteiger partial charge in [-0.15, -0.1) is 0 Å². The van der Waals surface area contributed by atoms with Gasteiger partial charge in [0.1, 0.15) is 29.6 Å². The van der Waals surface area contributed by atoms with Crippen LogP contribution in [0.25, 0.3) is 33.2 Å². The topological polar surface area (TPSA) is 113 Å². The highest BCUT2D eigenvalue weighted by molar-refractivity contribution is 7.89. The van der Waals surface area contributed by atoms with E-state index >= 15 is 8.78 Å². The minimum Gasteiger partial charge on any atom is -0.298 e. The Labute approximate surface area is 321 Å². The normalized spacial score (nSPS) is 17.7. The summed E-state index contributed by atoms with van der Waals surface area (Å²) in [5.41, 5.74) is 1.54. The van der Waals surface area contributed by atoms with Gasteiger partial charge >= 0.3 is 0 Å². The van der Waals surface area contributed by atoms with Gasteiger partial charge in [0.15, 0.2) is 15.6 Å². The molecule has 17 heteroatoms. The van der Waals surface area contributed by atoms with Crippen molar-refractivity contribution in [2.24, 2.45) is 13.0 Å². The number of nitrogens with zero attached hydrogens (tertiary/aromatic N) is 6. The van der Waals surface area contributed by atoms with Gasteiger partial charge in [-0.25, -0.2) is 26.0 Å². The standard InChI is InChI=1S/C39H31ClF6N6O3S/c1-51-36-26(5-6-30(40)33(36)31(49-51)18-56(2,54)55)27-12-22(20-4-3-7-47-15-20)16-48-34(27)21(8-19-9-23(41)13-24(42)10-19)11-25(53)17-52-37-32(35(50-52)38(43)44)28-14-29(28)39(37,45)46/h3-7,9-10,12-13,15-16,21,28-29,38H,8,11,14,17-18H2,1-2H3/t21-,28+,29-/m1/s1. The molecule has 0 aliphatic heterocycles. The number of hydrogen-bond donors (Lipinski definition) is 0. The number of alkyl halides is 4. The first-order valence-electron chi connectivity index (χ1n) is 17.5. The number of fused-ring (bicyclic) bond motifs is 4. The van der Waals surface area contributed by atoms with Gasteiger partial charge in [-0.2, -0.15) is 19.0 Å². The number of carbonyl (C=O) groups is 1. The molecule has 290 valence electrons. The molecule has 8 rings (SSSR count). The Morgan fingerprint density at radius 2 is 1.75 bits per heavy atom. The Bertz CT molecular complexity index is 2650. The molecule has 1 fully saturated rings. The lowest BCUT2D eigenvalue weighted by atomic mass is 9.85. The van der Waals surface area contributed by atoms with Gasteiger partial charge in [-0.3, -0.25) is 24.1 Å². The molecule has 2 aromatic carbocycles. The highest BCUT2D eigenvalue weighted by Crippen LogP contribution is 2.68. The van der Waals surface area contributed by atoms with E-state index in [0.29, 0.717) is 43.9 Å². The smallest absolute Gasteiger partial charge is 0.293 e. The maximum Gasteiger partial charge on any atom is 0.293 e. The van der Waals surface area contributed by atoms with Crippen LogP contribution in [0, 0.1) is 17.6 Å². The number of rotatable bonds is 12. The molecule has 3 atom stereocenters. The van der Waals surface area contributed by atoms with Crippen molar-refractivity contribution in [2.75, 3.05) is 6.26 Å². The predicted octanol–water partition coefficient (Wildman–Crippen LogP) is 8.50. The van der Waals surface area contributed by atoms with E-state index < -0.39 is 87.5 Å². The van der Waals surface area contributed by atoms with Crippen LogP contribution in [0.5, 0.6) is 0 Å². The second-order valence-corrected chi connectivity index (χ2v) is 17.0. The van der Waals surface area contributed by atoms with E-state index in [1.807, 2.05) is 0 Å². The summed E-state index contributed by atoms with van der Waals surface area (Å²) in [6.45, 7) is -0.761. The fourth-order valence-corrected chi connectivity index (χ4v) is 9.06. The van der Waals surface area contributed by atoms with Crippen molar-refractivity contribution in [3.05, 3.63) is 118 Å². The second-order valence-electron chi connectivity index (χ2n) is 14.5. The Balaban J connectivity index is 1.28. The molecule has 56 heavy (non-hydrogen) atoms. The Morgan fingerprint density at radius 1 is 1.00 bits per heavy atom. The van der Waals surface area contributed by atoms with Crippen LogP contribution in [-0.4, -0.2) is 50.0 Å². The van der Waals surface area contributed by atoms with Gasteiger partial charge < -0.3 is 0 Å². The van der Waals surface area contributed by atoms with Crippen molar-refractivity contribution < 1.29 is 39.6 Å². The summed E-state index contributed by atoms with van der Waals surface area (Å²) in [4.78, 5) is 23.0. The molecule has 0 bridgehead atoms. The third kappa shape index (κ3) is 6.86. The number of ketones is 1. The number of halogens is 7. The number of hydrogen-bond acceptors (Lipinski definition) is 7. The molecule has 2 aliphatic rings. The van der Waals surface area contributed by atoms with Gasteiger partial charge in [-0.1, -0.05) is 23.7 Å². The van der Waals surface area contributed by atoms with E-state index in [1.165, 1.54) is 10.9 Å². The lowest BCUT2D eigenvalue weighted by Gasteiger charge is -2.22. The minimum atomic E-state index is -3.56. The molecule has 0 spiro atoms. The molecule has 0 saturated heterocycles. The van der Waals surface area contributed by atoms with Crippen LogP contribution in [0.1, 0.15) is 65.0 Å². The van der Waals surface area contributed by atoms with Gasteiger partial charge in [-0.05, 0) is 54.7 Å². The number of aromatic nitrogens is 6. The molecule has 0 N–H and O–H groups in total. The van der Waals surface area contributed by atoms with Crippen molar-refractivity contribution in [2.45, 2.75) is 55.7 Å². The molecule has 1 saturated carbocycles. The summed E-state index contributed by atoms with van der Waals surface area (Å²) in [5.74, 6) is -9.13. The zero-order valence-electron chi connectivity index (χ0n) is 29.7. The van der Waals surface area contributed by atoms with E-state index in [0.717, 1.165) is 18.4 Å². The molecule has 6 aromatic rings. The van der Waals surface area contributed by atoms with E-state index in [4.69, 9.17) is 16.6 Å². The molecular formula is C39H31ClF6N6O3S. The summed E-state index contributed by atoms with van der Waals surface area (Å²) in [6.07, 6.45) is 2.14. The largest absolute Gasteiger partial charge is 0.298 e. The van der Waals surface area contributed by atoms with Crippen LogP contribution in [-0.2, 0) is 46.3 Å². The predicted molar refractivity (Wildman–Crippen MR) is 195 cm³/mol. The van der Waals surface area contributed by atoms with Gasteiger partial charge in [0.25, 0.3) is 12.3 Å². The number of Topliss-reactive ketones (excluding diaryl/α,β-unsaturated/α-hetero) is 1. The van der Waals surface area contributed by atoms with E-state index in [2.05, 4.69) is 15.2 Å². The van der Waals surface area contributed by atoms with Crippen LogP contribution < -0.4 is 0 Å². The van der Waals surface area contributed by atoms with Crippen molar-refractivity contribution in [1.82, 2.24) is 29.5 Å². The van der Waals surface area contributed by atoms with Crippen LogP contribution in [0.4, 0.5) is 26.3 Å². The molecule has 9 nitrogen and oxygen atoms in total. The zero-order valence-corrected chi connectivity index (χ0v) is 31.2. The number of aryl methyl sites for hydroxylation is 1. The number of carbonyl (C=O) groups excluding carboxylic acids is 1. The fraction of sp³-hybridized carbons (Fsp3) is 0.308. The van der Waals surface area contributed by atoms with Crippen LogP contribution >= 0.6 is 11.6 Å². The third-order valence-electron chi connectivity index (χ3n) is 10.4. The second kappa shape index (κ2) is 13.8. The molecular weight excluding hydrogens is 782 g/mol. The molecule has 4 heterocycles. The third-order valence-corrected chi connectivity index (χ3v) is 11.5. The highest BCUT2D eigenvalue weighted by Gasteiger charge is 2.67. The first kappa shape index (κ1) is 37.8. The Kier molecular flexibility index (Phi) is 9.34. The SMILES string of the molecule is Cn1nc(CS(C)(=O)=O)c2c(Cl)ccc(-c3cc(-c4cccnc4)cnc3[C@@H](CC(=O)Cn3nc(C(F)F)c4c3C(F)(F)[C@@H]3C[C@H]43)Cc3cc(F)cc(F)c3)c21. The quantitative estimate of drug-likeness (QED) is 0.114. The Morgan fingerprint density at radius 3 is 2.43 bits per heavy atom. The first-order valence-corrected chi connectivity index (χ1v) is 19.9. The fourth-order valence-electron chi connectivity index (χ4n) is 8.10. The van der Waals surface area contributed by atoms with Gasteiger partial charge in [0, 0.05) is 89.4 Å². The summed E-state index contributed by atoms with van der Waals surface area (Å²) in [5, 5.41) is 8.86. The highest BCUT2D eigenvalue weighted by atomic mass is 35.5. The van der Waals surface area contributed by atoms with Crippen molar-refractivity contribution in [3.63, 3.8) is 0 Å². The van der Waals surface area contributed by atoms with Crippen LogP contribution in [0.15, 0.2) is 67.1 Å². The average Bonchev–Trinajstić information content (AvgIpc) is 3.66. The number of benzene rings is 2. The lowest BCUT2D eigenvalue weighted by molar-refractivity contribution is -0.120. The van der Waals surface area contributed by atoms with Crippen molar-refractivity contribution >= 4 is 38.1 Å². The Hall–Kier alpha value is -5.09. The summed E-state index contributed by atoms with van der Waals surface area (Å²) in [6, 6.07) is 11.4. The maximum atomic E-state index is 15.4. The van der Waals surface area contributed by atoms with Crippen molar-refractivity contribution in [1.29, 1.82) is 0 Å². The average molecular weight is 813 g/mol. The van der Waals surface area contributed by atoms with Gasteiger partial charge in [0.2, 0.25) is 0 Å². The van der Waals surface area contributed by atoms with Gasteiger partial charge in [0.05, 0.1) is 27.7 Å². The molecule has 4 aromatic heterocycles. The number of pyridine rings is 2. The van der Waals surface area contributed by atoms with E-state index in [9.17, 15) is 30.8 Å². The number of sulfone groups is 1.